The minimum atomic E-state index is -0.399. The van der Waals surface area contributed by atoms with Crippen molar-refractivity contribution in [2.45, 2.75) is 6.92 Å². The number of anilines is 1. The summed E-state index contributed by atoms with van der Waals surface area (Å²) in [5.74, 6) is -0.399. The van der Waals surface area contributed by atoms with Gasteiger partial charge in [-0.05, 0) is 13.0 Å². The highest BCUT2D eigenvalue weighted by molar-refractivity contribution is 6.10. The summed E-state index contributed by atoms with van der Waals surface area (Å²) in [6.45, 7) is 2.10. The van der Waals surface area contributed by atoms with Gasteiger partial charge in [0.2, 0.25) is 0 Å². The van der Waals surface area contributed by atoms with Gasteiger partial charge in [0.05, 0.1) is 24.0 Å². The van der Waals surface area contributed by atoms with Crippen LogP contribution in [0.4, 0.5) is 11.4 Å². The fraction of sp³-hybridized carbons (Fsp3) is 0.438. The third kappa shape index (κ3) is 3.13. The maximum Gasteiger partial charge on any atom is 0.357 e. The molecule has 0 amide bonds. The molecule has 0 radical (unpaired) electrons. The molecule has 124 valence electrons. The summed E-state index contributed by atoms with van der Waals surface area (Å²) < 4.78 is 6.94. The van der Waals surface area contributed by atoms with Crippen molar-refractivity contribution in [1.29, 1.82) is 0 Å². The highest BCUT2D eigenvalue weighted by Gasteiger charge is 2.25. The van der Waals surface area contributed by atoms with Crippen molar-refractivity contribution in [2.24, 2.45) is 12.0 Å². The van der Waals surface area contributed by atoms with Crippen LogP contribution in [0, 0.1) is 0 Å². The Balaban J connectivity index is 2.83. The molecule has 23 heavy (non-hydrogen) atoms. The van der Waals surface area contributed by atoms with Gasteiger partial charge in [-0.25, -0.2) is 14.8 Å². The van der Waals surface area contributed by atoms with E-state index in [1.165, 1.54) is 0 Å². The molecule has 0 atom stereocenters. The minimum absolute atomic E-state index is 0.311. The second kappa shape index (κ2) is 6.68. The van der Waals surface area contributed by atoms with Crippen LogP contribution in [0.2, 0.25) is 0 Å². The Kier molecular flexibility index (Phi) is 4.88. The first-order valence-electron chi connectivity index (χ1n) is 7.40. The largest absolute Gasteiger partial charge is 0.461 e. The molecule has 0 spiro atoms. The number of esters is 1. The van der Waals surface area contributed by atoms with Crippen LogP contribution in [-0.4, -0.2) is 61.6 Å². The average Bonchev–Trinajstić information content (AvgIpc) is 2.78. The summed E-state index contributed by atoms with van der Waals surface area (Å²) in [6, 6.07) is 1.91. The number of nitrogens with zero attached hydrogens (tertiary/aromatic N) is 5. The molecule has 0 bridgehead atoms. The van der Waals surface area contributed by atoms with E-state index in [2.05, 4.69) is 9.98 Å². The first-order chi connectivity index (χ1) is 10.9. The quantitative estimate of drug-likeness (QED) is 0.480. The highest BCUT2D eigenvalue weighted by atomic mass is 16.5. The van der Waals surface area contributed by atoms with Crippen LogP contribution in [0.5, 0.6) is 0 Å². The van der Waals surface area contributed by atoms with E-state index < -0.39 is 5.97 Å². The number of aliphatic imine (C=N–C) groups is 1. The lowest BCUT2D eigenvalue weighted by molar-refractivity contribution is 0.0517. The molecule has 0 aliphatic carbocycles. The smallest absolute Gasteiger partial charge is 0.357 e. The number of carbonyl (C=O) groups excluding carboxylic acids is 1. The van der Waals surface area contributed by atoms with E-state index in [0.29, 0.717) is 23.6 Å². The topological polar surface area (TPSA) is 63.0 Å². The summed E-state index contributed by atoms with van der Waals surface area (Å²) in [4.78, 5) is 25.1. The van der Waals surface area contributed by atoms with Gasteiger partial charge in [-0.1, -0.05) is 0 Å². The van der Waals surface area contributed by atoms with Crippen molar-refractivity contribution in [3.8, 4) is 0 Å². The number of aromatic nitrogens is 2. The molecule has 0 aliphatic rings. The molecular weight excluding hydrogens is 294 g/mol. The Bertz CT molecular complexity index is 746. The fourth-order valence-corrected chi connectivity index (χ4v) is 2.41. The fourth-order valence-electron chi connectivity index (χ4n) is 2.41. The zero-order valence-corrected chi connectivity index (χ0v) is 14.5. The van der Waals surface area contributed by atoms with Gasteiger partial charge in [-0.2, -0.15) is 0 Å². The van der Waals surface area contributed by atoms with Crippen molar-refractivity contribution in [3.63, 3.8) is 0 Å². The number of rotatable bonds is 5. The maximum absolute atomic E-state index is 12.4. The van der Waals surface area contributed by atoms with Crippen LogP contribution in [0.3, 0.4) is 0 Å². The van der Waals surface area contributed by atoms with Crippen LogP contribution in [-0.2, 0) is 11.8 Å². The SMILES string of the molecule is CCOC(=O)c1c(/N=C\N(C)C)c2c(N(C)C)ccnc2n1C. The van der Waals surface area contributed by atoms with Crippen molar-refractivity contribution < 1.29 is 9.53 Å². The molecule has 0 saturated heterocycles. The minimum Gasteiger partial charge on any atom is -0.461 e. The third-order valence-corrected chi connectivity index (χ3v) is 3.39. The van der Waals surface area contributed by atoms with E-state index >= 15 is 0 Å². The lowest BCUT2D eigenvalue weighted by atomic mass is 10.2. The second-order valence-corrected chi connectivity index (χ2v) is 5.61. The number of ether oxygens (including phenoxy) is 1. The van der Waals surface area contributed by atoms with Gasteiger partial charge in [0.1, 0.15) is 11.3 Å². The summed E-state index contributed by atoms with van der Waals surface area (Å²) in [5.41, 5.74) is 2.63. The molecule has 7 heteroatoms. The first kappa shape index (κ1) is 16.8. The number of hydrogen-bond acceptors (Lipinski definition) is 5. The second-order valence-electron chi connectivity index (χ2n) is 5.61. The average molecular weight is 317 g/mol. The normalized spacial score (nSPS) is 11.2. The van der Waals surface area contributed by atoms with Crippen LogP contribution < -0.4 is 4.90 Å². The standard InChI is InChI=1S/C16H23N5O2/c1-7-23-16(22)14-13(18-10-19(2)3)12-11(20(4)5)8-9-17-15(12)21(14)6/h8-10H,7H2,1-6H3/b18-10-. The molecule has 0 unspecified atom stereocenters. The van der Waals surface area contributed by atoms with Gasteiger partial charge in [0.15, 0.2) is 5.69 Å². The van der Waals surface area contributed by atoms with Crippen molar-refractivity contribution in [1.82, 2.24) is 14.5 Å². The van der Waals surface area contributed by atoms with Crippen LogP contribution in [0.1, 0.15) is 17.4 Å². The number of pyridine rings is 1. The van der Waals surface area contributed by atoms with E-state index in [0.717, 1.165) is 11.1 Å². The van der Waals surface area contributed by atoms with Gasteiger partial charge < -0.3 is 19.1 Å². The van der Waals surface area contributed by atoms with E-state index in [1.54, 1.807) is 31.1 Å². The summed E-state index contributed by atoms with van der Waals surface area (Å²) in [7, 11) is 9.46. The van der Waals surface area contributed by atoms with Crippen LogP contribution >= 0.6 is 0 Å². The lowest BCUT2D eigenvalue weighted by Crippen LogP contribution is -2.11. The predicted molar refractivity (Wildman–Crippen MR) is 92.8 cm³/mol. The van der Waals surface area contributed by atoms with Gasteiger partial charge in [0, 0.05) is 41.4 Å². The van der Waals surface area contributed by atoms with E-state index in [4.69, 9.17) is 4.74 Å². The molecule has 2 aromatic heterocycles. The zero-order chi connectivity index (χ0) is 17.1. The van der Waals surface area contributed by atoms with Gasteiger partial charge in [-0.3, -0.25) is 0 Å². The molecular formula is C16H23N5O2. The molecule has 2 rings (SSSR count). The molecule has 7 nitrogen and oxygen atoms in total. The Morgan fingerprint density at radius 3 is 2.65 bits per heavy atom. The van der Waals surface area contributed by atoms with Gasteiger partial charge in [-0.15, -0.1) is 0 Å². The van der Waals surface area contributed by atoms with E-state index in [-0.39, 0.29) is 0 Å². The Morgan fingerprint density at radius 1 is 1.39 bits per heavy atom. The number of fused-ring (bicyclic) bond motifs is 1. The zero-order valence-electron chi connectivity index (χ0n) is 14.5. The maximum atomic E-state index is 12.4. The van der Waals surface area contributed by atoms with Gasteiger partial charge >= 0.3 is 5.97 Å². The van der Waals surface area contributed by atoms with Crippen LogP contribution in [0.15, 0.2) is 17.3 Å². The van der Waals surface area contributed by atoms with Crippen LogP contribution in [0.25, 0.3) is 11.0 Å². The van der Waals surface area contributed by atoms with Crippen molar-refractivity contribution in [3.05, 3.63) is 18.0 Å². The predicted octanol–water partition coefficient (Wildman–Crippen LogP) is 2.04. The monoisotopic (exact) mass is 317 g/mol. The number of aryl methyl sites for hydroxylation is 1. The molecule has 0 aliphatic heterocycles. The molecule has 0 aromatic carbocycles. The molecule has 0 N–H and O–H groups in total. The molecule has 2 aromatic rings. The highest BCUT2D eigenvalue weighted by Crippen LogP contribution is 2.38. The lowest BCUT2D eigenvalue weighted by Gasteiger charge is -2.13. The van der Waals surface area contributed by atoms with E-state index in [1.807, 2.05) is 44.1 Å². The Labute approximate surface area is 136 Å². The third-order valence-electron chi connectivity index (χ3n) is 3.39. The summed E-state index contributed by atoms with van der Waals surface area (Å²) >= 11 is 0. The van der Waals surface area contributed by atoms with Gasteiger partial charge in [0.25, 0.3) is 0 Å². The van der Waals surface area contributed by atoms with Crippen molar-refractivity contribution in [2.75, 3.05) is 39.7 Å². The Hall–Kier alpha value is -2.57. The van der Waals surface area contributed by atoms with Crippen molar-refractivity contribution >= 4 is 34.7 Å². The van der Waals surface area contributed by atoms with E-state index in [9.17, 15) is 4.79 Å². The number of hydrogen-bond donors (Lipinski definition) is 0. The molecule has 0 fully saturated rings. The summed E-state index contributed by atoms with van der Waals surface area (Å²) in [6.07, 6.45) is 3.40. The molecule has 0 saturated carbocycles. The summed E-state index contributed by atoms with van der Waals surface area (Å²) in [5, 5.41) is 0.834. The number of carbonyl (C=O) groups is 1. The molecule has 2 heterocycles. The Morgan fingerprint density at radius 2 is 2.09 bits per heavy atom. The first-order valence-corrected chi connectivity index (χ1v) is 7.40.